The lowest BCUT2D eigenvalue weighted by Crippen LogP contribution is -2.41. The fraction of sp³-hybridized carbons (Fsp3) is 0.360. The lowest BCUT2D eigenvalue weighted by molar-refractivity contribution is -0.125. The van der Waals surface area contributed by atoms with Gasteiger partial charge >= 0.3 is 0 Å². The van der Waals surface area contributed by atoms with E-state index in [1.54, 1.807) is 4.68 Å². The van der Waals surface area contributed by atoms with Crippen LogP contribution < -0.4 is 10.1 Å². The molecule has 1 amide bonds. The van der Waals surface area contributed by atoms with Crippen LogP contribution >= 0.6 is 24.0 Å². The number of hydrogen-bond donors (Lipinski definition) is 2. The summed E-state index contributed by atoms with van der Waals surface area (Å²) in [6.45, 7) is 0.264. The Labute approximate surface area is 208 Å². The first-order chi connectivity index (χ1) is 16.6. The molecule has 1 saturated carbocycles. The largest absolute Gasteiger partial charge is 0.487 e. The first kappa shape index (κ1) is 22.9. The number of aromatic nitrogens is 4. The Morgan fingerprint density at radius 3 is 2.82 bits per heavy atom. The highest BCUT2D eigenvalue weighted by atomic mass is 32.2. The number of hydrogen-bond acceptors (Lipinski definition) is 7. The summed E-state index contributed by atoms with van der Waals surface area (Å²) in [6, 6.07) is 15.6. The van der Waals surface area contributed by atoms with Gasteiger partial charge in [0, 0.05) is 12.5 Å². The van der Waals surface area contributed by atoms with Gasteiger partial charge < -0.3 is 10.1 Å². The third kappa shape index (κ3) is 5.59. The zero-order valence-corrected chi connectivity index (χ0v) is 20.5. The van der Waals surface area contributed by atoms with Crippen molar-refractivity contribution in [3.8, 4) is 5.75 Å². The Morgan fingerprint density at radius 1 is 1.18 bits per heavy atom. The first-order valence-corrected chi connectivity index (χ1v) is 12.9. The third-order valence-corrected chi connectivity index (χ3v) is 7.33. The molecule has 4 aromatic rings. The molecule has 1 fully saturated rings. The van der Waals surface area contributed by atoms with Crippen LogP contribution in [0.1, 0.15) is 49.4 Å². The van der Waals surface area contributed by atoms with E-state index in [0.717, 1.165) is 38.7 Å². The van der Waals surface area contributed by atoms with Crippen LogP contribution in [0.2, 0.25) is 0 Å². The Balaban J connectivity index is 1.29. The van der Waals surface area contributed by atoms with Gasteiger partial charge in [0.2, 0.25) is 5.91 Å². The van der Waals surface area contributed by atoms with E-state index in [9.17, 15) is 4.79 Å². The van der Waals surface area contributed by atoms with E-state index in [-0.39, 0.29) is 18.6 Å². The van der Waals surface area contributed by atoms with Crippen LogP contribution in [0.15, 0.2) is 59.1 Å². The van der Waals surface area contributed by atoms with Crippen LogP contribution in [-0.2, 0) is 17.8 Å². The van der Waals surface area contributed by atoms with Gasteiger partial charge in [-0.1, -0.05) is 54.8 Å². The molecule has 7 nitrogen and oxygen atoms in total. The van der Waals surface area contributed by atoms with Gasteiger partial charge in [0.15, 0.2) is 0 Å². The molecular formula is C25H27N5O2S2. The van der Waals surface area contributed by atoms with Gasteiger partial charge in [0.1, 0.15) is 28.4 Å². The number of ether oxygens (including phenoxy) is 1. The lowest BCUT2D eigenvalue weighted by Gasteiger charge is -2.25. The van der Waals surface area contributed by atoms with Gasteiger partial charge in [0.25, 0.3) is 0 Å². The van der Waals surface area contributed by atoms with Crippen LogP contribution in [-0.4, -0.2) is 31.9 Å². The van der Waals surface area contributed by atoms with Gasteiger partial charge in [-0.2, -0.15) is 0 Å². The number of thiol groups is 1. The average Bonchev–Trinajstić information content (AvgIpc) is 3.47. The van der Waals surface area contributed by atoms with Gasteiger partial charge in [-0.05, 0) is 36.6 Å². The molecule has 0 spiro atoms. The van der Waals surface area contributed by atoms with Crippen molar-refractivity contribution >= 4 is 40.1 Å². The highest BCUT2D eigenvalue weighted by Gasteiger charge is 2.26. The number of nitrogens with one attached hydrogen (secondary N) is 1. The summed E-state index contributed by atoms with van der Waals surface area (Å²) in [5.74, 6) is 0.723. The molecule has 0 unspecified atom stereocenters. The summed E-state index contributed by atoms with van der Waals surface area (Å²) < 4.78 is 9.36. The normalized spacial score (nSPS) is 15.3. The molecule has 1 aliphatic rings. The number of rotatable bonds is 8. The van der Waals surface area contributed by atoms with E-state index in [4.69, 9.17) is 4.74 Å². The van der Waals surface area contributed by atoms with Gasteiger partial charge in [-0.15, -0.1) is 29.1 Å². The molecule has 2 heterocycles. The van der Waals surface area contributed by atoms with Crippen molar-refractivity contribution in [3.63, 3.8) is 0 Å². The van der Waals surface area contributed by atoms with Gasteiger partial charge in [-0.3, -0.25) is 4.79 Å². The summed E-state index contributed by atoms with van der Waals surface area (Å²) in [5.41, 5.74) is 2.66. The number of fused-ring (bicyclic) bond motifs is 1. The maximum Gasteiger partial charge on any atom is 0.245 e. The lowest BCUT2D eigenvalue weighted by atomic mass is 9.95. The molecule has 0 aliphatic heterocycles. The number of benzene rings is 2. The minimum absolute atomic E-state index is 0.00803. The number of nitrogens with zero attached hydrogens (tertiary/aromatic N) is 4. The van der Waals surface area contributed by atoms with Crippen molar-refractivity contribution in [2.24, 2.45) is 0 Å². The predicted octanol–water partition coefficient (Wildman–Crippen LogP) is 4.99. The van der Waals surface area contributed by atoms with Crippen LogP contribution in [0.5, 0.6) is 5.75 Å². The highest BCUT2D eigenvalue weighted by molar-refractivity contribution is 7.82. The summed E-state index contributed by atoms with van der Waals surface area (Å²) in [4.78, 5) is 17.6. The van der Waals surface area contributed by atoms with Gasteiger partial charge in [0.05, 0.1) is 16.4 Å². The van der Waals surface area contributed by atoms with E-state index in [1.165, 1.54) is 30.6 Å². The standard InChI is InChI=1S/C25H27N5O2S2/c31-24(26-18-9-5-2-6-10-18)22(13-17-7-3-1-4-8-17)30-15-19(28-29-30)16-32-20-11-12-21-23(14-20)34-25(33)27-21/h1,3-4,7-8,11-12,14-15,18,22H,2,5-6,9-10,13,16H2,(H,26,31)(H,27,33)/t22-/m0/s1. The molecule has 5 rings (SSSR count). The summed E-state index contributed by atoms with van der Waals surface area (Å²) in [6.07, 6.45) is 8.03. The zero-order chi connectivity index (χ0) is 23.3. The molecule has 1 aliphatic carbocycles. The SMILES string of the molecule is O=C(NC1CCCCC1)[C@H](Cc1ccccc1)n1cc(COc2ccc3nc(S)sc3c2)nn1. The molecule has 9 heteroatoms. The van der Waals surface area contributed by atoms with E-state index in [2.05, 4.69) is 33.2 Å². The van der Waals surface area contributed by atoms with E-state index in [0.29, 0.717) is 12.1 Å². The highest BCUT2D eigenvalue weighted by Crippen LogP contribution is 2.28. The van der Waals surface area contributed by atoms with Crippen molar-refractivity contribution in [2.45, 2.75) is 61.6 Å². The Kier molecular flexibility index (Phi) is 7.10. The molecule has 2 aromatic carbocycles. The van der Waals surface area contributed by atoms with Crippen LogP contribution in [0.4, 0.5) is 0 Å². The molecule has 1 N–H and O–H groups in total. The summed E-state index contributed by atoms with van der Waals surface area (Å²) >= 11 is 5.83. The molecule has 2 aromatic heterocycles. The second-order valence-corrected chi connectivity index (χ2v) is 10.4. The first-order valence-electron chi connectivity index (χ1n) is 11.6. The third-order valence-electron chi connectivity index (χ3n) is 6.14. The van der Waals surface area contributed by atoms with Crippen LogP contribution in [0, 0.1) is 0 Å². The maximum atomic E-state index is 13.3. The van der Waals surface area contributed by atoms with Crippen molar-refractivity contribution in [2.75, 3.05) is 0 Å². The van der Waals surface area contributed by atoms with Crippen LogP contribution in [0.25, 0.3) is 10.2 Å². The smallest absolute Gasteiger partial charge is 0.245 e. The molecule has 1 atom stereocenters. The van der Waals surface area contributed by atoms with E-state index in [1.807, 2.05) is 54.7 Å². The van der Waals surface area contributed by atoms with Crippen molar-refractivity contribution in [1.29, 1.82) is 0 Å². The minimum Gasteiger partial charge on any atom is -0.487 e. The molecular weight excluding hydrogens is 466 g/mol. The Morgan fingerprint density at radius 2 is 2.00 bits per heavy atom. The minimum atomic E-state index is -0.465. The quantitative estimate of drug-likeness (QED) is 0.338. The zero-order valence-electron chi connectivity index (χ0n) is 18.8. The predicted molar refractivity (Wildman–Crippen MR) is 135 cm³/mol. The average molecular weight is 494 g/mol. The molecule has 176 valence electrons. The molecule has 0 bridgehead atoms. The monoisotopic (exact) mass is 493 g/mol. The van der Waals surface area contributed by atoms with E-state index < -0.39 is 6.04 Å². The fourth-order valence-electron chi connectivity index (χ4n) is 4.36. The topological polar surface area (TPSA) is 81.9 Å². The van der Waals surface area contributed by atoms with Gasteiger partial charge in [-0.25, -0.2) is 9.67 Å². The fourth-order valence-corrected chi connectivity index (χ4v) is 5.50. The molecule has 0 radical (unpaired) electrons. The van der Waals surface area contributed by atoms with Crippen molar-refractivity contribution in [3.05, 3.63) is 66.0 Å². The number of carbonyl (C=O) groups excluding carboxylic acids is 1. The number of carbonyl (C=O) groups is 1. The maximum absolute atomic E-state index is 13.3. The Hall–Kier alpha value is -2.91. The number of thiazole rings is 1. The van der Waals surface area contributed by atoms with E-state index >= 15 is 0 Å². The van der Waals surface area contributed by atoms with Crippen molar-refractivity contribution in [1.82, 2.24) is 25.3 Å². The summed E-state index contributed by atoms with van der Waals surface area (Å²) in [7, 11) is 0. The molecule has 0 saturated heterocycles. The van der Waals surface area contributed by atoms with Crippen LogP contribution in [0.3, 0.4) is 0 Å². The number of amides is 1. The Bertz CT molecular complexity index is 1250. The molecule has 34 heavy (non-hydrogen) atoms. The second-order valence-electron chi connectivity index (χ2n) is 8.65. The van der Waals surface area contributed by atoms with Crippen molar-refractivity contribution < 1.29 is 9.53 Å². The summed E-state index contributed by atoms with van der Waals surface area (Å²) in [5, 5.41) is 11.8. The second kappa shape index (κ2) is 10.6.